The average Bonchev–Trinajstić information content (AvgIpc) is 2.86. The van der Waals surface area contributed by atoms with Gasteiger partial charge in [0.15, 0.2) is 11.6 Å². The van der Waals surface area contributed by atoms with E-state index in [4.69, 9.17) is 0 Å². The zero-order valence-corrected chi connectivity index (χ0v) is 14.0. The van der Waals surface area contributed by atoms with Crippen molar-refractivity contribution in [3.05, 3.63) is 107 Å². The fourth-order valence-corrected chi connectivity index (χ4v) is 3.71. The Hall–Kier alpha value is -3.00. The van der Waals surface area contributed by atoms with Crippen molar-refractivity contribution < 1.29 is 9.59 Å². The molecule has 0 spiro atoms. The largest absolute Gasteiger partial charge is 0.293 e. The number of hydrogen-bond donors (Lipinski definition) is 0. The first kappa shape index (κ1) is 15.5. The molecule has 2 heteroatoms. The van der Waals surface area contributed by atoms with Gasteiger partial charge in [-0.3, -0.25) is 9.59 Å². The Balaban J connectivity index is 1.93. The number of aryl methyl sites for hydroxylation is 1. The van der Waals surface area contributed by atoms with Gasteiger partial charge in [0.25, 0.3) is 0 Å². The predicted molar refractivity (Wildman–Crippen MR) is 98.1 cm³/mol. The summed E-state index contributed by atoms with van der Waals surface area (Å²) in [5.74, 6) is -0.193. The summed E-state index contributed by atoms with van der Waals surface area (Å²) in [4.78, 5) is 26.8. The Labute approximate surface area is 147 Å². The minimum atomic E-state index is -1.17. The average molecular weight is 326 g/mol. The second-order valence-electron chi connectivity index (χ2n) is 6.64. The molecule has 0 atom stereocenters. The maximum Gasteiger partial charge on any atom is 0.182 e. The SMILES string of the molecule is Cc1ccc(C2(Cc3ccccc3)C(=O)c3ccccc3C2=O)cc1. The second-order valence-corrected chi connectivity index (χ2v) is 6.64. The minimum absolute atomic E-state index is 0.0965. The summed E-state index contributed by atoms with van der Waals surface area (Å²) >= 11 is 0. The van der Waals surface area contributed by atoms with E-state index in [0.29, 0.717) is 17.5 Å². The highest BCUT2D eigenvalue weighted by molar-refractivity contribution is 6.33. The van der Waals surface area contributed by atoms with Crippen LogP contribution in [0.5, 0.6) is 0 Å². The van der Waals surface area contributed by atoms with Crippen LogP contribution in [0.4, 0.5) is 0 Å². The van der Waals surface area contributed by atoms with Crippen LogP contribution in [0.2, 0.25) is 0 Å². The fourth-order valence-electron chi connectivity index (χ4n) is 3.71. The summed E-state index contributed by atoms with van der Waals surface area (Å²) in [6.45, 7) is 2.00. The van der Waals surface area contributed by atoms with E-state index in [-0.39, 0.29) is 11.6 Å². The molecule has 0 N–H and O–H groups in total. The Morgan fingerprint density at radius 2 is 1.20 bits per heavy atom. The molecule has 3 aromatic carbocycles. The third-order valence-corrected chi connectivity index (χ3v) is 5.05. The lowest BCUT2D eigenvalue weighted by atomic mass is 9.71. The number of Topliss-reactive ketones (excluding diaryl/α,β-unsaturated/α-hetero) is 2. The first-order chi connectivity index (χ1) is 12.1. The van der Waals surface area contributed by atoms with E-state index >= 15 is 0 Å². The van der Waals surface area contributed by atoms with Gasteiger partial charge < -0.3 is 0 Å². The van der Waals surface area contributed by atoms with E-state index in [1.54, 1.807) is 12.1 Å². The Morgan fingerprint density at radius 1 is 0.680 bits per heavy atom. The molecule has 0 saturated carbocycles. The molecule has 4 rings (SSSR count). The zero-order valence-electron chi connectivity index (χ0n) is 14.0. The van der Waals surface area contributed by atoms with E-state index in [9.17, 15) is 9.59 Å². The molecule has 3 aromatic rings. The van der Waals surface area contributed by atoms with Gasteiger partial charge in [0.2, 0.25) is 0 Å². The predicted octanol–water partition coefficient (Wildman–Crippen LogP) is 4.55. The summed E-state index contributed by atoms with van der Waals surface area (Å²) in [7, 11) is 0. The molecule has 0 aliphatic heterocycles. The fraction of sp³-hybridized carbons (Fsp3) is 0.130. The van der Waals surface area contributed by atoms with Crippen molar-refractivity contribution >= 4 is 11.6 Å². The highest BCUT2D eigenvalue weighted by Crippen LogP contribution is 2.42. The van der Waals surface area contributed by atoms with Gasteiger partial charge in [-0.2, -0.15) is 0 Å². The van der Waals surface area contributed by atoms with Gasteiger partial charge in [-0.15, -0.1) is 0 Å². The van der Waals surface area contributed by atoms with Crippen molar-refractivity contribution in [2.75, 3.05) is 0 Å². The third kappa shape index (κ3) is 2.33. The first-order valence-corrected chi connectivity index (χ1v) is 8.42. The second kappa shape index (κ2) is 5.82. The molecule has 0 fully saturated rings. The van der Waals surface area contributed by atoms with Crippen LogP contribution in [0.25, 0.3) is 0 Å². The molecule has 25 heavy (non-hydrogen) atoms. The van der Waals surface area contributed by atoms with E-state index in [1.165, 1.54) is 0 Å². The number of rotatable bonds is 3. The molecule has 122 valence electrons. The van der Waals surface area contributed by atoms with Crippen LogP contribution in [-0.4, -0.2) is 11.6 Å². The molecule has 0 heterocycles. The summed E-state index contributed by atoms with van der Waals surface area (Å²) in [6, 6.07) is 24.7. The van der Waals surface area contributed by atoms with Crippen molar-refractivity contribution in [2.24, 2.45) is 0 Å². The lowest BCUT2D eigenvalue weighted by Gasteiger charge is -2.27. The Bertz CT molecular complexity index is 918. The number of ketones is 2. The van der Waals surface area contributed by atoms with Gasteiger partial charge in [0, 0.05) is 11.1 Å². The number of carbonyl (C=O) groups excluding carboxylic acids is 2. The van der Waals surface area contributed by atoms with Crippen molar-refractivity contribution in [1.29, 1.82) is 0 Å². The zero-order chi connectivity index (χ0) is 17.4. The molecule has 1 aliphatic rings. The van der Waals surface area contributed by atoms with E-state index in [1.807, 2.05) is 73.7 Å². The van der Waals surface area contributed by atoms with Crippen LogP contribution >= 0.6 is 0 Å². The highest BCUT2D eigenvalue weighted by atomic mass is 16.2. The number of fused-ring (bicyclic) bond motifs is 1. The van der Waals surface area contributed by atoms with Crippen LogP contribution in [0, 0.1) is 6.92 Å². The molecule has 1 aliphatic carbocycles. The van der Waals surface area contributed by atoms with E-state index < -0.39 is 5.41 Å². The van der Waals surface area contributed by atoms with Gasteiger partial charge in [0.1, 0.15) is 5.41 Å². The van der Waals surface area contributed by atoms with Crippen LogP contribution in [0.1, 0.15) is 37.4 Å². The Kier molecular flexibility index (Phi) is 3.61. The lowest BCUT2D eigenvalue weighted by Crippen LogP contribution is -2.40. The van der Waals surface area contributed by atoms with Crippen LogP contribution in [0.15, 0.2) is 78.9 Å². The summed E-state index contributed by atoms with van der Waals surface area (Å²) in [5.41, 5.74) is 2.76. The molecule has 0 bridgehead atoms. The maximum absolute atomic E-state index is 13.4. The monoisotopic (exact) mass is 326 g/mol. The van der Waals surface area contributed by atoms with Crippen molar-refractivity contribution in [3.8, 4) is 0 Å². The molecular weight excluding hydrogens is 308 g/mol. The van der Waals surface area contributed by atoms with Crippen molar-refractivity contribution in [3.63, 3.8) is 0 Å². The summed E-state index contributed by atoms with van der Waals surface area (Å²) < 4.78 is 0. The first-order valence-electron chi connectivity index (χ1n) is 8.42. The molecular formula is C23H18O2. The maximum atomic E-state index is 13.4. The van der Waals surface area contributed by atoms with E-state index in [2.05, 4.69) is 0 Å². The van der Waals surface area contributed by atoms with Gasteiger partial charge in [0.05, 0.1) is 0 Å². The number of benzene rings is 3. The summed E-state index contributed by atoms with van der Waals surface area (Å²) in [5, 5.41) is 0. The third-order valence-electron chi connectivity index (χ3n) is 5.05. The standard InChI is InChI=1S/C23H18O2/c1-16-11-13-18(14-12-16)23(15-17-7-3-2-4-8-17)21(24)19-9-5-6-10-20(19)22(23)25/h2-14H,15H2,1H3. The van der Waals surface area contributed by atoms with Gasteiger partial charge >= 0.3 is 0 Å². The van der Waals surface area contributed by atoms with Crippen LogP contribution in [-0.2, 0) is 11.8 Å². The van der Waals surface area contributed by atoms with Gasteiger partial charge in [-0.1, -0.05) is 84.4 Å². The van der Waals surface area contributed by atoms with Gasteiger partial charge in [-0.05, 0) is 24.5 Å². The number of carbonyl (C=O) groups is 2. The highest BCUT2D eigenvalue weighted by Gasteiger charge is 2.53. The molecule has 0 aromatic heterocycles. The van der Waals surface area contributed by atoms with E-state index in [0.717, 1.165) is 16.7 Å². The lowest BCUT2D eigenvalue weighted by molar-refractivity contribution is 0.0793. The van der Waals surface area contributed by atoms with Crippen molar-refractivity contribution in [2.45, 2.75) is 18.8 Å². The molecule has 0 unspecified atom stereocenters. The summed E-state index contributed by atoms with van der Waals surface area (Å²) in [6.07, 6.45) is 0.378. The minimum Gasteiger partial charge on any atom is -0.293 e. The topological polar surface area (TPSA) is 34.1 Å². The van der Waals surface area contributed by atoms with Crippen molar-refractivity contribution in [1.82, 2.24) is 0 Å². The quantitative estimate of drug-likeness (QED) is 0.662. The van der Waals surface area contributed by atoms with Crippen LogP contribution < -0.4 is 0 Å². The van der Waals surface area contributed by atoms with Gasteiger partial charge in [-0.25, -0.2) is 0 Å². The normalized spacial score (nSPS) is 15.2. The molecule has 2 nitrogen and oxygen atoms in total. The molecule has 0 radical (unpaired) electrons. The molecule has 0 saturated heterocycles. The smallest absolute Gasteiger partial charge is 0.182 e. The molecule has 0 amide bonds. The number of hydrogen-bond acceptors (Lipinski definition) is 2. The Morgan fingerprint density at radius 3 is 1.76 bits per heavy atom. The van der Waals surface area contributed by atoms with Crippen LogP contribution in [0.3, 0.4) is 0 Å².